The number of anilines is 1. The van der Waals surface area contributed by atoms with E-state index in [1.807, 2.05) is 6.92 Å². The first kappa shape index (κ1) is 13.0. The van der Waals surface area contributed by atoms with E-state index in [0.29, 0.717) is 11.6 Å². The Hall–Kier alpha value is -1.06. The number of aromatic nitrogens is 1. The van der Waals surface area contributed by atoms with Gasteiger partial charge in [0.05, 0.1) is 17.7 Å². The first-order valence-corrected chi connectivity index (χ1v) is 5.35. The third-order valence-corrected chi connectivity index (χ3v) is 2.84. The number of aryl methyl sites for hydroxylation is 1. The molecule has 0 aliphatic heterocycles. The number of nitrogens with one attached hydrogen (secondary N) is 1. The molecule has 1 rings (SSSR count). The Morgan fingerprint density at radius 1 is 1.62 bits per heavy atom. The smallest absolute Gasteiger partial charge is 0.223 e. The van der Waals surface area contributed by atoms with Crippen LogP contribution in [0.4, 0.5) is 5.13 Å². The number of nitrogens with zero attached hydrogens (tertiary/aromatic N) is 2. The van der Waals surface area contributed by atoms with E-state index in [1.54, 1.807) is 0 Å². The Kier molecular flexibility index (Phi) is 4.77. The second-order valence-corrected chi connectivity index (χ2v) is 4.13. The van der Waals surface area contributed by atoms with Crippen LogP contribution in [0.5, 0.6) is 0 Å². The van der Waals surface area contributed by atoms with Crippen LogP contribution < -0.4 is 5.32 Å². The third-order valence-electron chi connectivity index (χ3n) is 1.71. The van der Waals surface area contributed by atoms with Crippen LogP contribution in [0.3, 0.4) is 0 Å². The van der Waals surface area contributed by atoms with Crippen molar-refractivity contribution < 1.29 is 20.0 Å². The predicted octanol–water partition coefficient (Wildman–Crippen LogP) is 0.964. The van der Waals surface area contributed by atoms with Crippen molar-refractivity contribution in [1.29, 1.82) is 0 Å². The van der Waals surface area contributed by atoms with Gasteiger partial charge in [-0.1, -0.05) is 0 Å². The average Bonchev–Trinajstić information content (AvgIpc) is 2.45. The molecule has 0 spiro atoms. The summed E-state index contributed by atoms with van der Waals surface area (Å²) in [6, 6.07) is 0. The Balaban J connectivity index is 2.53. The molecule has 0 saturated heterocycles. The molecule has 0 fully saturated rings. The number of carbonyl (C=O) groups is 1. The van der Waals surface area contributed by atoms with Crippen molar-refractivity contribution in [3.05, 3.63) is 10.6 Å². The van der Waals surface area contributed by atoms with Gasteiger partial charge in [-0.2, -0.15) is 0 Å². The first-order chi connectivity index (χ1) is 7.49. The second kappa shape index (κ2) is 5.87. The van der Waals surface area contributed by atoms with Gasteiger partial charge >= 0.3 is 0 Å². The van der Waals surface area contributed by atoms with Crippen molar-refractivity contribution in [2.75, 3.05) is 11.9 Å². The number of thiazole rings is 1. The van der Waals surface area contributed by atoms with Crippen molar-refractivity contribution in [3.63, 3.8) is 0 Å². The van der Waals surface area contributed by atoms with E-state index < -0.39 is 0 Å². The normalized spacial score (nSPS) is 10.8. The van der Waals surface area contributed by atoms with E-state index in [2.05, 4.69) is 15.1 Å². The van der Waals surface area contributed by atoms with Gasteiger partial charge in [-0.3, -0.25) is 20.0 Å². The minimum atomic E-state index is -0.328. The summed E-state index contributed by atoms with van der Waals surface area (Å²) in [5.41, 5.74) is 0.791. The van der Waals surface area contributed by atoms with Gasteiger partial charge in [-0.05, 0) is 6.92 Å². The lowest BCUT2D eigenvalue weighted by Crippen LogP contribution is -2.16. The highest BCUT2D eigenvalue weighted by Gasteiger charge is 2.08. The summed E-state index contributed by atoms with van der Waals surface area (Å²) in [6.07, 6.45) is 0.487. The minimum Gasteiger partial charge on any atom is -0.302 e. The lowest BCUT2D eigenvalue weighted by molar-refractivity contribution is -0.492. The van der Waals surface area contributed by atoms with Crippen molar-refractivity contribution in [3.8, 4) is 0 Å². The summed E-state index contributed by atoms with van der Waals surface area (Å²) in [7, 11) is 0. The van der Waals surface area contributed by atoms with Gasteiger partial charge in [0.2, 0.25) is 5.91 Å². The summed E-state index contributed by atoms with van der Waals surface area (Å²) < 4.78 is 0. The van der Waals surface area contributed by atoms with Gasteiger partial charge in [-0.25, -0.2) is 4.98 Å². The third kappa shape index (κ3) is 4.21. The molecule has 0 aliphatic rings. The van der Waals surface area contributed by atoms with E-state index in [-0.39, 0.29) is 17.9 Å². The number of amides is 1. The van der Waals surface area contributed by atoms with Crippen molar-refractivity contribution in [1.82, 2.24) is 10.4 Å². The van der Waals surface area contributed by atoms with E-state index in [1.165, 1.54) is 18.3 Å². The molecule has 16 heavy (non-hydrogen) atoms. The average molecular weight is 247 g/mol. The zero-order valence-electron chi connectivity index (χ0n) is 8.93. The summed E-state index contributed by atoms with van der Waals surface area (Å²) >= 11 is 1.33. The molecule has 8 heteroatoms. The second-order valence-electron chi connectivity index (χ2n) is 3.04. The fraction of sp³-hybridized carbons (Fsp3) is 0.500. The molecule has 1 amide bonds. The standard InChI is InChI=1S/C8H13N3O4S/c1-5-7(3-4-15-11(13)14)16-8(9-5)10-6(2)12/h13-14H,3-4H2,1-2H3,(H,9,10,12). The van der Waals surface area contributed by atoms with Gasteiger partial charge < -0.3 is 5.32 Å². The van der Waals surface area contributed by atoms with E-state index in [9.17, 15) is 4.79 Å². The summed E-state index contributed by atoms with van der Waals surface area (Å²) in [4.78, 5) is 20.3. The molecule has 0 unspecified atom stereocenters. The van der Waals surface area contributed by atoms with Crippen LogP contribution in [0.2, 0.25) is 0 Å². The van der Waals surface area contributed by atoms with Crippen LogP contribution in [0, 0.1) is 6.92 Å². The molecule has 0 aliphatic carbocycles. The highest BCUT2D eigenvalue weighted by molar-refractivity contribution is 7.15. The van der Waals surface area contributed by atoms with E-state index >= 15 is 0 Å². The lowest BCUT2D eigenvalue weighted by atomic mass is 10.3. The maximum absolute atomic E-state index is 10.8. The zero-order chi connectivity index (χ0) is 12.1. The van der Waals surface area contributed by atoms with Crippen molar-refractivity contribution in [2.24, 2.45) is 0 Å². The lowest BCUT2D eigenvalue weighted by Gasteiger charge is -2.04. The minimum absolute atomic E-state index is 0.121. The van der Waals surface area contributed by atoms with Gasteiger partial charge in [0.25, 0.3) is 0 Å². The van der Waals surface area contributed by atoms with E-state index in [0.717, 1.165) is 10.6 Å². The molecular weight excluding hydrogens is 234 g/mol. The van der Waals surface area contributed by atoms with Gasteiger partial charge in [0.1, 0.15) is 0 Å². The number of hydrogen-bond donors (Lipinski definition) is 3. The largest absolute Gasteiger partial charge is 0.302 e. The Bertz CT molecular complexity index is 366. The molecule has 1 aromatic heterocycles. The Labute approximate surface area is 96.2 Å². The summed E-state index contributed by atoms with van der Waals surface area (Å²) in [5, 5.41) is 19.4. The highest BCUT2D eigenvalue weighted by atomic mass is 32.1. The fourth-order valence-electron chi connectivity index (χ4n) is 1.08. The summed E-state index contributed by atoms with van der Waals surface area (Å²) in [6.45, 7) is 3.34. The molecule has 0 aromatic carbocycles. The molecule has 0 saturated carbocycles. The molecule has 0 atom stereocenters. The van der Waals surface area contributed by atoms with Crippen LogP contribution >= 0.6 is 11.3 Å². The highest BCUT2D eigenvalue weighted by Crippen LogP contribution is 2.22. The van der Waals surface area contributed by atoms with Crippen LogP contribution in [0.1, 0.15) is 17.5 Å². The first-order valence-electron chi connectivity index (χ1n) is 4.53. The number of carbonyl (C=O) groups excluding carboxylic acids is 1. The van der Waals surface area contributed by atoms with Gasteiger partial charge in [0.15, 0.2) is 5.13 Å². The summed E-state index contributed by atoms with van der Waals surface area (Å²) in [5.74, 6) is -0.173. The number of hydrogen-bond acceptors (Lipinski definition) is 7. The molecule has 1 heterocycles. The van der Waals surface area contributed by atoms with Crippen LogP contribution in [0.25, 0.3) is 0 Å². The molecule has 3 N–H and O–H groups in total. The topological polar surface area (TPSA) is 94.9 Å². The van der Waals surface area contributed by atoms with Crippen LogP contribution in [0.15, 0.2) is 0 Å². The predicted molar refractivity (Wildman–Crippen MR) is 56.2 cm³/mol. The van der Waals surface area contributed by atoms with Crippen molar-refractivity contribution in [2.45, 2.75) is 20.3 Å². The van der Waals surface area contributed by atoms with Crippen molar-refractivity contribution >= 4 is 22.4 Å². The monoisotopic (exact) mass is 247 g/mol. The van der Waals surface area contributed by atoms with E-state index in [4.69, 9.17) is 10.4 Å². The van der Waals surface area contributed by atoms with Gasteiger partial charge in [0, 0.05) is 18.2 Å². The molecule has 0 radical (unpaired) electrons. The quantitative estimate of drug-likeness (QED) is 0.671. The van der Waals surface area contributed by atoms with Gasteiger partial charge in [-0.15, -0.1) is 11.3 Å². The molecular formula is C8H13N3O4S. The number of rotatable bonds is 5. The SMILES string of the molecule is CC(=O)Nc1nc(C)c(CCON(O)O)s1. The van der Waals surface area contributed by atoms with Crippen LogP contribution in [-0.4, -0.2) is 33.3 Å². The molecule has 0 bridgehead atoms. The zero-order valence-corrected chi connectivity index (χ0v) is 9.74. The molecule has 1 aromatic rings. The Morgan fingerprint density at radius 3 is 2.88 bits per heavy atom. The maximum atomic E-state index is 10.8. The maximum Gasteiger partial charge on any atom is 0.223 e. The molecule has 90 valence electrons. The Morgan fingerprint density at radius 2 is 2.31 bits per heavy atom. The molecule has 7 nitrogen and oxygen atoms in total. The van der Waals surface area contributed by atoms with Crippen LogP contribution in [-0.2, 0) is 16.1 Å². The fourth-order valence-corrected chi connectivity index (χ4v) is 2.07.